The molecule has 3 heteroatoms. The molecule has 0 fully saturated rings. The summed E-state index contributed by atoms with van der Waals surface area (Å²) in [7, 11) is 0. The number of halogens is 1. The fourth-order valence-corrected chi connectivity index (χ4v) is 1.81. The van der Waals surface area contributed by atoms with Gasteiger partial charge in [-0.1, -0.05) is 30.3 Å². The van der Waals surface area contributed by atoms with Crippen molar-refractivity contribution in [3.05, 3.63) is 59.9 Å². The molecule has 0 aliphatic rings. The smallest absolute Gasteiger partial charge is 0.146 e. The van der Waals surface area contributed by atoms with E-state index in [0.29, 0.717) is 12.2 Å². The molecule has 0 amide bonds. The summed E-state index contributed by atoms with van der Waals surface area (Å²) in [5.41, 5.74) is 1.60. The molecule has 1 unspecified atom stereocenters. The molecule has 0 aliphatic carbocycles. The van der Waals surface area contributed by atoms with Crippen LogP contribution in [0.5, 0.6) is 5.75 Å². The van der Waals surface area contributed by atoms with Crippen molar-refractivity contribution in [3.8, 4) is 5.75 Å². The minimum absolute atomic E-state index is 0.0410. The summed E-state index contributed by atoms with van der Waals surface area (Å²) in [4.78, 5) is 0. The minimum atomic E-state index is -0.245. The van der Waals surface area contributed by atoms with Gasteiger partial charge in [0.1, 0.15) is 17.7 Å². The maximum Gasteiger partial charge on any atom is 0.146 e. The highest BCUT2D eigenvalue weighted by Crippen LogP contribution is 2.18. The Kier molecular flexibility index (Phi) is 4.39. The average Bonchev–Trinajstić information content (AvgIpc) is 2.40. The highest BCUT2D eigenvalue weighted by atomic mass is 19.1. The molecular formula is C16H18FNO. The maximum absolute atomic E-state index is 13.4. The van der Waals surface area contributed by atoms with Crippen LogP contribution in [0, 0.1) is 12.7 Å². The lowest BCUT2D eigenvalue weighted by atomic mass is 10.2. The van der Waals surface area contributed by atoms with E-state index in [-0.39, 0.29) is 11.9 Å². The summed E-state index contributed by atoms with van der Waals surface area (Å²) in [6.45, 7) is 4.52. The Morgan fingerprint density at radius 2 is 1.79 bits per heavy atom. The third-order valence-electron chi connectivity index (χ3n) is 2.88. The number of para-hydroxylation sites is 2. The molecule has 0 aliphatic heterocycles. The molecule has 2 aromatic carbocycles. The third kappa shape index (κ3) is 3.71. The van der Waals surface area contributed by atoms with Gasteiger partial charge in [-0.3, -0.25) is 0 Å². The highest BCUT2D eigenvalue weighted by Gasteiger charge is 2.07. The molecule has 0 heterocycles. The van der Waals surface area contributed by atoms with Crippen molar-refractivity contribution in [2.45, 2.75) is 20.0 Å². The van der Waals surface area contributed by atoms with Gasteiger partial charge < -0.3 is 10.1 Å². The van der Waals surface area contributed by atoms with Gasteiger partial charge in [0.25, 0.3) is 0 Å². The van der Waals surface area contributed by atoms with Crippen LogP contribution in [0.4, 0.5) is 10.1 Å². The van der Waals surface area contributed by atoms with Crippen LogP contribution in [0.15, 0.2) is 48.5 Å². The van der Waals surface area contributed by atoms with Crippen LogP contribution in [-0.4, -0.2) is 12.6 Å². The van der Waals surface area contributed by atoms with Crippen molar-refractivity contribution in [1.29, 1.82) is 0 Å². The quantitative estimate of drug-likeness (QED) is 0.875. The van der Waals surface area contributed by atoms with Gasteiger partial charge in [0.05, 0.1) is 12.2 Å². The first-order valence-electron chi connectivity index (χ1n) is 6.37. The van der Waals surface area contributed by atoms with Gasteiger partial charge >= 0.3 is 0 Å². The predicted octanol–water partition coefficient (Wildman–Crippen LogP) is 4.01. The van der Waals surface area contributed by atoms with Crippen LogP contribution in [0.1, 0.15) is 12.5 Å². The molecular weight excluding hydrogens is 241 g/mol. The summed E-state index contributed by atoms with van der Waals surface area (Å²) >= 11 is 0. The summed E-state index contributed by atoms with van der Waals surface area (Å²) in [5.74, 6) is 0.621. The van der Waals surface area contributed by atoms with Gasteiger partial charge in [0, 0.05) is 0 Å². The number of hydrogen-bond donors (Lipinski definition) is 1. The lowest BCUT2D eigenvalue weighted by Crippen LogP contribution is -2.23. The molecule has 2 rings (SSSR count). The van der Waals surface area contributed by atoms with Crippen LogP contribution >= 0.6 is 0 Å². The van der Waals surface area contributed by atoms with E-state index in [2.05, 4.69) is 5.32 Å². The normalized spacial score (nSPS) is 11.9. The lowest BCUT2D eigenvalue weighted by molar-refractivity contribution is 0.233. The number of rotatable bonds is 5. The number of anilines is 1. The van der Waals surface area contributed by atoms with Crippen LogP contribution in [-0.2, 0) is 0 Å². The van der Waals surface area contributed by atoms with Gasteiger partial charge in [-0.05, 0) is 37.6 Å². The largest absolute Gasteiger partial charge is 0.489 e. The highest BCUT2D eigenvalue weighted by molar-refractivity contribution is 5.44. The van der Waals surface area contributed by atoms with Crippen molar-refractivity contribution < 1.29 is 9.13 Å². The van der Waals surface area contributed by atoms with E-state index in [4.69, 9.17) is 4.74 Å². The molecule has 0 saturated carbocycles. The summed E-state index contributed by atoms with van der Waals surface area (Å²) in [6.07, 6.45) is -0.0410. The SMILES string of the molecule is Cc1ccccc1OC(C)CNc1ccccc1F. The fourth-order valence-electron chi connectivity index (χ4n) is 1.81. The number of aryl methyl sites for hydroxylation is 1. The van der Waals surface area contributed by atoms with Gasteiger partial charge in [0.15, 0.2) is 0 Å². The Bertz CT molecular complexity index is 542. The van der Waals surface area contributed by atoms with E-state index < -0.39 is 0 Å². The van der Waals surface area contributed by atoms with Crippen molar-refractivity contribution >= 4 is 5.69 Å². The van der Waals surface area contributed by atoms with E-state index in [1.807, 2.05) is 38.1 Å². The van der Waals surface area contributed by atoms with Crippen molar-refractivity contribution in [2.75, 3.05) is 11.9 Å². The molecule has 0 aromatic heterocycles. The van der Waals surface area contributed by atoms with Crippen LogP contribution < -0.4 is 10.1 Å². The molecule has 19 heavy (non-hydrogen) atoms. The molecule has 2 nitrogen and oxygen atoms in total. The summed E-state index contributed by atoms with van der Waals surface area (Å²) in [6, 6.07) is 14.5. The zero-order chi connectivity index (χ0) is 13.7. The number of nitrogens with one attached hydrogen (secondary N) is 1. The number of hydrogen-bond acceptors (Lipinski definition) is 2. The first-order valence-corrected chi connectivity index (χ1v) is 6.37. The zero-order valence-corrected chi connectivity index (χ0v) is 11.2. The van der Waals surface area contributed by atoms with Gasteiger partial charge in [-0.25, -0.2) is 4.39 Å². The van der Waals surface area contributed by atoms with E-state index in [0.717, 1.165) is 11.3 Å². The van der Waals surface area contributed by atoms with E-state index in [1.54, 1.807) is 18.2 Å². The number of benzene rings is 2. The molecule has 0 saturated heterocycles. The standard InChI is InChI=1S/C16H18FNO/c1-12-7-3-6-10-16(12)19-13(2)11-18-15-9-5-4-8-14(15)17/h3-10,13,18H,11H2,1-2H3. The molecule has 0 radical (unpaired) electrons. The van der Waals surface area contributed by atoms with E-state index in [1.165, 1.54) is 6.07 Å². The second kappa shape index (κ2) is 6.23. The van der Waals surface area contributed by atoms with E-state index in [9.17, 15) is 4.39 Å². The lowest BCUT2D eigenvalue weighted by Gasteiger charge is -2.17. The van der Waals surface area contributed by atoms with Crippen LogP contribution in [0.3, 0.4) is 0 Å². The van der Waals surface area contributed by atoms with Crippen molar-refractivity contribution in [3.63, 3.8) is 0 Å². The molecule has 1 atom stereocenters. The summed E-state index contributed by atoms with van der Waals surface area (Å²) in [5, 5.41) is 3.05. The monoisotopic (exact) mass is 259 g/mol. The van der Waals surface area contributed by atoms with Gasteiger partial charge in [0.2, 0.25) is 0 Å². The Labute approximate surface area is 113 Å². The van der Waals surface area contributed by atoms with Crippen molar-refractivity contribution in [1.82, 2.24) is 0 Å². The topological polar surface area (TPSA) is 21.3 Å². The zero-order valence-electron chi connectivity index (χ0n) is 11.2. The molecule has 2 aromatic rings. The van der Waals surface area contributed by atoms with Crippen LogP contribution in [0.25, 0.3) is 0 Å². The summed E-state index contributed by atoms with van der Waals surface area (Å²) < 4.78 is 19.2. The Morgan fingerprint density at radius 3 is 2.53 bits per heavy atom. The van der Waals surface area contributed by atoms with Crippen LogP contribution in [0.2, 0.25) is 0 Å². The fraction of sp³-hybridized carbons (Fsp3) is 0.250. The maximum atomic E-state index is 13.4. The Hall–Kier alpha value is -2.03. The number of ether oxygens (including phenoxy) is 1. The average molecular weight is 259 g/mol. The molecule has 1 N–H and O–H groups in total. The molecule has 0 bridgehead atoms. The second-order valence-corrected chi connectivity index (χ2v) is 4.55. The third-order valence-corrected chi connectivity index (χ3v) is 2.88. The first kappa shape index (κ1) is 13.4. The van der Waals surface area contributed by atoms with Crippen molar-refractivity contribution in [2.24, 2.45) is 0 Å². The van der Waals surface area contributed by atoms with Gasteiger partial charge in [-0.15, -0.1) is 0 Å². The van der Waals surface area contributed by atoms with E-state index >= 15 is 0 Å². The second-order valence-electron chi connectivity index (χ2n) is 4.55. The first-order chi connectivity index (χ1) is 9.16. The molecule has 100 valence electrons. The molecule has 0 spiro atoms. The van der Waals surface area contributed by atoms with Gasteiger partial charge in [-0.2, -0.15) is 0 Å². The Morgan fingerprint density at radius 1 is 1.11 bits per heavy atom. The minimum Gasteiger partial charge on any atom is -0.489 e. The predicted molar refractivity (Wildman–Crippen MR) is 76.2 cm³/mol. The Balaban J connectivity index is 1.90.